The topological polar surface area (TPSA) is 38.1 Å². The molecule has 0 radical (unpaired) electrons. The Morgan fingerprint density at radius 3 is 2.61 bits per heavy atom. The third kappa shape index (κ3) is 3.26. The zero-order valence-corrected chi connectivity index (χ0v) is 14.5. The number of carbonyl (C=O) groups excluding carboxylic acids is 1. The van der Waals surface area contributed by atoms with Gasteiger partial charge in [-0.05, 0) is 56.9 Å². The molecule has 0 N–H and O–H groups in total. The van der Waals surface area contributed by atoms with Gasteiger partial charge in [-0.15, -0.1) is 0 Å². The summed E-state index contributed by atoms with van der Waals surface area (Å²) in [4.78, 5) is 19.4. The van der Waals surface area contributed by atoms with E-state index in [0.29, 0.717) is 12.6 Å². The van der Waals surface area contributed by atoms with Gasteiger partial charge in [-0.3, -0.25) is 4.79 Å². The third-order valence-electron chi connectivity index (χ3n) is 5.22. The molecule has 124 valence electrons. The average Bonchev–Trinajstić information content (AvgIpc) is 2.91. The molecule has 0 bridgehead atoms. The van der Waals surface area contributed by atoms with E-state index < -0.39 is 0 Å². The van der Waals surface area contributed by atoms with Crippen LogP contribution >= 0.6 is 0 Å². The minimum atomic E-state index is 0.219. The quantitative estimate of drug-likeness (QED) is 0.860. The number of nitrogens with zero attached hydrogens (tertiary/aromatic N) is 3. The molecule has 1 heterocycles. The number of carbonyl (C=O) groups is 1. The lowest BCUT2D eigenvalue weighted by Gasteiger charge is -2.33. The highest BCUT2D eigenvalue weighted by atomic mass is 16.2. The fraction of sp³-hybridized carbons (Fsp3) is 0.579. The molecule has 1 aromatic carbocycles. The lowest BCUT2D eigenvalue weighted by Crippen LogP contribution is -2.42. The Morgan fingerprint density at radius 2 is 1.91 bits per heavy atom. The van der Waals surface area contributed by atoms with Gasteiger partial charge in [0.1, 0.15) is 6.54 Å². The molecule has 0 atom stereocenters. The van der Waals surface area contributed by atoms with Crippen LogP contribution in [-0.4, -0.2) is 32.9 Å². The standard InChI is InChI=1S/C19H27N3O/c1-4-22(16-8-6-5-7-9-16)19(23)12-21-13-20-17-10-14(2)15(3)11-18(17)21/h10-11,13,16H,4-9,12H2,1-3H3. The number of rotatable bonds is 4. The number of hydrogen-bond acceptors (Lipinski definition) is 2. The lowest BCUT2D eigenvalue weighted by molar-refractivity contribution is -0.134. The molecule has 0 aliphatic heterocycles. The molecule has 1 aliphatic rings. The van der Waals surface area contributed by atoms with Crippen molar-refractivity contribution in [3.63, 3.8) is 0 Å². The molecule has 1 amide bonds. The highest BCUT2D eigenvalue weighted by Crippen LogP contribution is 2.23. The highest BCUT2D eigenvalue weighted by Gasteiger charge is 2.24. The van der Waals surface area contributed by atoms with Gasteiger partial charge >= 0.3 is 0 Å². The van der Waals surface area contributed by atoms with Crippen molar-refractivity contribution in [2.75, 3.05) is 6.54 Å². The largest absolute Gasteiger partial charge is 0.338 e. The molecule has 3 rings (SSSR count). The van der Waals surface area contributed by atoms with Crippen molar-refractivity contribution in [2.24, 2.45) is 0 Å². The molecular weight excluding hydrogens is 286 g/mol. The molecule has 0 spiro atoms. The minimum Gasteiger partial charge on any atom is -0.338 e. The van der Waals surface area contributed by atoms with Gasteiger partial charge in [-0.2, -0.15) is 0 Å². The van der Waals surface area contributed by atoms with Crippen LogP contribution in [0.25, 0.3) is 11.0 Å². The van der Waals surface area contributed by atoms with Crippen molar-refractivity contribution < 1.29 is 4.79 Å². The molecule has 4 heteroatoms. The minimum absolute atomic E-state index is 0.219. The van der Waals surface area contributed by atoms with Gasteiger partial charge in [0, 0.05) is 12.6 Å². The van der Waals surface area contributed by atoms with Crippen LogP contribution in [0.3, 0.4) is 0 Å². The van der Waals surface area contributed by atoms with Crippen molar-refractivity contribution in [1.29, 1.82) is 0 Å². The highest BCUT2D eigenvalue weighted by molar-refractivity contribution is 5.81. The molecule has 1 aliphatic carbocycles. The van der Waals surface area contributed by atoms with Crippen LogP contribution in [0, 0.1) is 13.8 Å². The predicted octanol–water partition coefficient (Wildman–Crippen LogP) is 3.83. The van der Waals surface area contributed by atoms with Crippen molar-refractivity contribution in [3.8, 4) is 0 Å². The Labute approximate surface area is 138 Å². The van der Waals surface area contributed by atoms with Crippen LogP contribution in [0.5, 0.6) is 0 Å². The van der Waals surface area contributed by atoms with E-state index in [0.717, 1.165) is 30.4 Å². The maximum atomic E-state index is 12.8. The number of hydrogen-bond donors (Lipinski definition) is 0. The molecule has 23 heavy (non-hydrogen) atoms. The molecule has 0 unspecified atom stereocenters. The van der Waals surface area contributed by atoms with E-state index in [1.165, 1.54) is 30.4 Å². The summed E-state index contributed by atoms with van der Waals surface area (Å²) in [5, 5.41) is 0. The maximum Gasteiger partial charge on any atom is 0.242 e. The number of imidazole rings is 1. The fourth-order valence-electron chi connectivity index (χ4n) is 3.71. The molecule has 2 aromatic rings. The van der Waals surface area contributed by atoms with E-state index in [2.05, 4.69) is 42.8 Å². The zero-order valence-electron chi connectivity index (χ0n) is 14.5. The van der Waals surface area contributed by atoms with Crippen LogP contribution in [0.1, 0.15) is 50.2 Å². The zero-order chi connectivity index (χ0) is 16.4. The van der Waals surface area contributed by atoms with Crippen molar-refractivity contribution in [2.45, 2.75) is 65.5 Å². The summed E-state index contributed by atoms with van der Waals surface area (Å²) in [7, 11) is 0. The first-order valence-corrected chi connectivity index (χ1v) is 8.81. The number of benzene rings is 1. The Hall–Kier alpha value is -1.84. The van der Waals surface area contributed by atoms with Crippen molar-refractivity contribution >= 4 is 16.9 Å². The van der Waals surface area contributed by atoms with Crippen LogP contribution in [-0.2, 0) is 11.3 Å². The summed E-state index contributed by atoms with van der Waals surface area (Å²) in [6, 6.07) is 4.67. The second-order valence-corrected chi connectivity index (χ2v) is 6.77. The van der Waals surface area contributed by atoms with Crippen molar-refractivity contribution in [1.82, 2.24) is 14.5 Å². The van der Waals surface area contributed by atoms with Crippen LogP contribution in [0.2, 0.25) is 0 Å². The van der Waals surface area contributed by atoms with Gasteiger partial charge in [0.15, 0.2) is 0 Å². The Kier molecular flexibility index (Phi) is 4.69. The number of aryl methyl sites for hydroxylation is 2. The van der Waals surface area contributed by atoms with E-state index >= 15 is 0 Å². The molecule has 1 saturated carbocycles. The Bertz CT molecular complexity index is 698. The number of likely N-dealkylation sites (N-methyl/N-ethyl adjacent to an activating group) is 1. The fourth-order valence-corrected chi connectivity index (χ4v) is 3.71. The van der Waals surface area contributed by atoms with Gasteiger partial charge in [-0.1, -0.05) is 19.3 Å². The average molecular weight is 313 g/mol. The number of aromatic nitrogens is 2. The second-order valence-electron chi connectivity index (χ2n) is 6.77. The summed E-state index contributed by atoms with van der Waals surface area (Å²) in [5.41, 5.74) is 4.51. The molecule has 0 saturated heterocycles. The van der Waals surface area contributed by atoms with E-state index in [9.17, 15) is 4.79 Å². The summed E-state index contributed by atoms with van der Waals surface area (Å²) >= 11 is 0. The van der Waals surface area contributed by atoms with Gasteiger partial charge in [0.05, 0.1) is 17.4 Å². The monoisotopic (exact) mass is 313 g/mol. The van der Waals surface area contributed by atoms with Gasteiger partial charge in [0.2, 0.25) is 5.91 Å². The summed E-state index contributed by atoms with van der Waals surface area (Å²) in [6.45, 7) is 7.48. The first-order chi connectivity index (χ1) is 11.1. The first kappa shape index (κ1) is 16.0. The Balaban J connectivity index is 1.80. The second kappa shape index (κ2) is 6.73. The van der Waals surface area contributed by atoms with E-state index in [1.807, 2.05) is 4.57 Å². The molecular formula is C19H27N3O. The molecule has 1 fully saturated rings. The van der Waals surface area contributed by atoms with Crippen LogP contribution in [0.4, 0.5) is 0 Å². The first-order valence-electron chi connectivity index (χ1n) is 8.81. The summed E-state index contributed by atoms with van der Waals surface area (Å²) < 4.78 is 2.00. The van der Waals surface area contributed by atoms with Crippen LogP contribution in [0.15, 0.2) is 18.5 Å². The number of fused-ring (bicyclic) bond motifs is 1. The van der Waals surface area contributed by atoms with E-state index in [-0.39, 0.29) is 5.91 Å². The van der Waals surface area contributed by atoms with Gasteiger partial charge in [0.25, 0.3) is 0 Å². The van der Waals surface area contributed by atoms with E-state index in [1.54, 1.807) is 6.33 Å². The van der Waals surface area contributed by atoms with E-state index in [4.69, 9.17) is 0 Å². The molecule has 4 nitrogen and oxygen atoms in total. The Morgan fingerprint density at radius 1 is 1.22 bits per heavy atom. The van der Waals surface area contributed by atoms with Gasteiger partial charge in [-0.25, -0.2) is 4.98 Å². The van der Waals surface area contributed by atoms with Crippen molar-refractivity contribution in [3.05, 3.63) is 29.6 Å². The summed E-state index contributed by atoms with van der Waals surface area (Å²) in [6.07, 6.45) is 7.93. The van der Waals surface area contributed by atoms with Crippen LogP contribution < -0.4 is 0 Å². The third-order valence-corrected chi connectivity index (χ3v) is 5.22. The summed E-state index contributed by atoms with van der Waals surface area (Å²) in [5.74, 6) is 0.219. The lowest BCUT2D eigenvalue weighted by atomic mass is 9.94. The molecule has 1 aromatic heterocycles. The smallest absolute Gasteiger partial charge is 0.242 e. The normalized spacial score (nSPS) is 16.0. The predicted molar refractivity (Wildman–Crippen MR) is 93.5 cm³/mol. The SMILES string of the molecule is CCN(C(=O)Cn1cnc2cc(C)c(C)cc21)C1CCCCC1. The number of amides is 1. The van der Waals surface area contributed by atoms with Gasteiger partial charge < -0.3 is 9.47 Å². The maximum absolute atomic E-state index is 12.8.